The number of nitrogens with one attached hydrogen (secondary N) is 1. The third-order valence-electron chi connectivity index (χ3n) is 4.00. The van der Waals surface area contributed by atoms with E-state index >= 15 is 0 Å². The molecule has 1 saturated carbocycles. The van der Waals surface area contributed by atoms with Gasteiger partial charge < -0.3 is 5.32 Å². The molecular weight excluding hydrogens is 322 g/mol. The van der Waals surface area contributed by atoms with Gasteiger partial charge in [0.1, 0.15) is 0 Å². The zero-order valence-corrected chi connectivity index (χ0v) is 13.8. The van der Waals surface area contributed by atoms with Gasteiger partial charge in [0.15, 0.2) is 0 Å². The van der Waals surface area contributed by atoms with Crippen LogP contribution in [-0.4, -0.2) is 23.1 Å². The predicted molar refractivity (Wildman–Crippen MR) is 84.8 cm³/mol. The Labute approximate surface area is 127 Å². The van der Waals surface area contributed by atoms with Crippen molar-refractivity contribution in [3.05, 3.63) is 28.7 Å². The fourth-order valence-corrected chi connectivity index (χ4v) is 4.50. The summed E-state index contributed by atoms with van der Waals surface area (Å²) in [5.74, 6) is 1.42. The first-order chi connectivity index (χ1) is 9.20. The molecule has 1 fully saturated rings. The Hall–Kier alpha value is -0.190. The molecule has 2 nitrogen and oxygen atoms in total. The summed E-state index contributed by atoms with van der Waals surface area (Å²) in [7, 11) is 1.09. The van der Waals surface area contributed by atoms with Crippen LogP contribution in [-0.2, 0) is 10.8 Å². The van der Waals surface area contributed by atoms with Crippen molar-refractivity contribution in [2.75, 3.05) is 12.8 Å². The molecule has 4 heteroatoms. The molecule has 0 spiro atoms. The second-order valence-corrected chi connectivity index (χ2v) is 7.67. The molecule has 2 unspecified atom stereocenters. The Balaban J connectivity index is 1.97. The Morgan fingerprint density at radius 2 is 1.89 bits per heavy atom. The Morgan fingerprint density at radius 1 is 1.26 bits per heavy atom. The molecule has 106 valence electrons. The zero-order valence-electron chi connectivity index (χ0n) is 11.4. The lowest BCUT2D eigenvalue weighted by Crippen LogP contribution is -2.39. The zero-order chi connectivity index (χ0) is 13.7. The Morgan fingerprint density at radius 3 is 2.47 bits per heavy atom. The van der Waals surface area contributed by atoms with Gasteiger partial charge >= 0.3 is 0 Å². The topological polar surface area (TPSA) is 29.1 Å². The maximum Gasteiger partial charge on any atom is 0.0545 e. The number of hydrogen-bond donors (Lipinski definition) is 1. The van der Waals surface area contributed by atoms with Crippen LogP contribution in [0.1, 0.15) is 32.1 Å². The number of rotatable bonds is 5. The van der Waals surface area contributed by atoms with Gasteiger partial charge in [-0.25, -0.2) is 0 Å². The van der Waals surface area contributed by atoms with Crippen molar-refractivity contribution >= 4 is 26.7 Å². The summed E-state index contributed by atoms with van der Waals surface area (Å²) >= 11 is 3.41. The molecule has 0 bridgehead atoms. The fraction of sp³-hybridized carbons (Fsp3) is 0.600. The van der Waals surface area contributed by atoms with Crippen LogP contribution in [0.25, 0.3) is 0 Å². The Kier molecular flexibility index (Phi) is 6.05. The molecule has 0 amide bonds. The van der Waals surface area contributed by atoms with Gasteiger partial charge in [-0.1, -0.05) is 35.2 Å². The summed E-state index contributed by atoms with van der Waals surface area (Å²) in [6.07, 6.45) is 6.58. The van der Waals surface area contributed by atoms with Crippen LogP contribution in [0.15, 0.2) is 33.6 Å². The standard InChI is InChI=1S/C15H22BrNOS/c1-17-15(12-5-3-2-4-6-12)11-19(18)14-9-7-13(16)8-10-14/h7-10,12,15,17H,2-6,11H2,1H3. The van der Waals surface area contributed by atoms with Gasteiger partial charge in [0.25, 0.3) is 0 Å². The van der Waals surface area contributed by atoms with E-state index in [0.29, 0.717) is 12.0 Å². The quantitative estimate of drug-likeness (QED) is 0.882. The molecule has 1 aliphatic carbocycles. The van der Waals surface area contributed by atoms with E-state index in [2.05, 4.69) is 21.2 Å². The first-order valence-corrected chi connectivity index (χ1v) is 9.13. The highest BCUT2D eigenvalue weighted by Crippen LogP contribution is 2.27. The van der Waals surface area contributed by atoms with Crippen LogP contribution in [0.4, 0.5) is 0 Å². The normalized spacial score (nSPS) is 20.1. The van der Waals surface area contributed by atoms with Crippen LogP contribution >= 0.6 is 15.9 Å². The SMILES string of the molecule is CNC(CS(=O)c1ccc(Br)cc1)C1CCCCC1. The van der Waals surface area contributed by atoms with Crippen LogP contribution in [0.3, 0.4) is 0 Å². The summed E-state index contributed by atoms with van der Waals surface area (Å²) in [4.78, 5) is 0.930. The van der Waals surface area contributed by atoms with Crippen molar-refractivity contribution in [1.82, 2.24) is 5.32 Å². The minimum absolute atomic E-state index is 0.379. The van der Waals surface area contributed by atoms with Crippen molar-refractivity contribution in [3.63, 3.8) is 0 Å². The van der Waals surface area contributed by atoms with E-state index in [1.807, 2.05) is 31.3 Å². The second kappa shape index (κ2) is 7.55. The highest BCUT2D eigenvalue weighted by atomic mass is 79.9. The first kappa shape index (κ1) is 15.2. The summed E-state index contributed by atoms with van der Waals surface area (Å²) in [6.45, 7) is 0. The van der Waals surface area contributed by atoms with Gasteiger partial charge in [0.05, 0.1) is 10.8 Å². The monoisotopic (exact) mass is 343 g/mol. The summed E-state index contributed by atoms with van der Waals surface area (Å²) in [5.41, 5.74) is 0. The molecular formula is C15H22BrNOS. The van der Waals surface area contributed by atoms with Gasteiger partial charge in [-0.3, -0.25) is 4.21 Å². The summed E-state index contributed by atoms with van der Waals surface area (Å²) < 4.78 is 13.5. The maximum atomic E-state index is 12.4. The largest absolute Gasteiger partial charge is 0.316 e. The van der Waals surface area contributed by atoms with Gasteiger partial charge in [-0.15, -0.1) is 0 Å². The average molecular weight is 344 g/mol. The van der Waals surface area contributed by atoms with E-state index < -0.39 is 10.8 Å². The third-order valence-corrected chi connectivity index (χ3v) is 5.99. The Bertz CT molecular complexity index is 415. The van der Waals surface area contributed by atoms with Gasteiger partial charge in [-0.05, 0) is 50.1 Å². The summed E-state index contributed by atoms with van der Waals surface area (Å²) in [5, 5.41) is 3.38. The van der Waals surface area contributed by atoms with Crippen molar-refractivity contribution in [2.45, 2.75) is 43.0 Å². The number of hydrogen-bond acceptors (Lipinski definition) is 2. The van der Waals surface area contributed by atoms with E-state index in [4.69, 9.17) is 0 Å². The average Bonchev–Trinajstić information content (AvgIpc) is 2.46. The lowest BCUT2D eigenvalue weighted by atomic mass is 9.84. The molecule has 1 N–H and O–H groups in total. The van der Waals surface area contributed by atoms with Crippen molar-refractivity contribution in [2.24, 2.45) is 5.92 Å². The van der Waals surface area contributed by atoms with Crippen molar-refractivity contribution in [1.29, 1.82) is 0 Å². The lowest BCUT2D eigenvalue weighted by Gasteiger charge is -2.29. The van der Waals surface area contributed by atoms with Gasteiger partial charge in [0, 0.05) is 21.2 Å². The molecule has 1 aliphatic rings. The highest BCUT2D eigenvalue weighted by molar-refractivity contribution is 9.10. The summed E-state index contributed by atoms with van der Waals surface area (Å²) in [6, 6.07) is 8.20. The van der Waals surface area contributed by atoms with E-state index in [9.17, 15) is 4.21 Å². The van der Waals surface area contributed by atoms with E-state index in [0.717, 1.165) is 15.1 Å². The van der Waals surface area contributed by atoms with Crippen molar-refractivity contribution < 1.29 is 4.21 Å². The van der Waals surface area contributed by atoms with Gasteiger partial charge in [-0.2, -0.15) is 0 Å². The van der Waals surface area contributed by atoms with E-state index in [1.165, 1.54) is 32.1 Å². The van der Waals surface area contributed by atoms with Gasteiger partial charge in [0.2, 0.25) is 0 Å². The molecule has 1 aromatic carbocycles. The maximum absolute atomic E-state index is 12.4. The number of benzene rings is 1. The second-order valence-electron chi connectivity index (χ2n) is 5.26. The molecule has 0 saturated heterocycles. The molecule has 2 rings (SSSR count). The minimum Gasteiger partial charge on any atom is -0.316 e. The molecule has 2 atom stereocenters. The van der Waals surface area contributed by atoms with Crippen LogP contribution in [0.5, 0.6) is 0 Å². The lowest BCUT2D eigenvalue weighted by molar-refractivity contribution is 0.294. The highest BCUT2D eigenvalue weighted by Gasteiger charge is 2.24. The molecule has 0 radical (unpaired) electrons. The fourth-order valence-electron chi connectivity index (χ4n) is 2.84. The molecule has 0 heterocycles. The van der Waals surface area contributed by atoms with Crippen molar-refractivity contribution in [3.8, 4) is 0 Å². The molecule has 0 aliphatic heterocycles. The van der Waals surface area contributed by atoms with Crippen LogP contribution < -0.4 is 5.32 Å². The minimum atomic E-state index is -0.907. The smallest absolute Gasteiger partial charge is 0.0545 e. The van der Waals surface area contributed by atoms with E-state index in [-0.39, 0.29) is 0 Å². The van der Waals surface area contributed by atoms with E-state index in [1.54, 1.807) is 0 Å². The predicted octanol–water partition coefficient (Wildman–Crippen LogP) is 3.73. The molecule has 0 aromatic heterocycles. The van der Waals surface area contributed by atoms with Crippen LogP contribution in [0.2, 0.25) is 0 Å². The third kappa shape index (κ3) is 4.40. The number of halogens is 1. The van der Waals surface area contributed by atoms with Crippen LogP contribution in [0, 0.1) is 5.92 Å². The first-order valence-electron chi connectivity index (χ1n) is 7.02. The molecule has 1 aromatic rings. The molecule has 19 heavy (non-hydrogen) atoms.